The van der Waals surface area contributed by atoms with Gasteiger partial charge in [0.1, 0.15) is 0 Å². The van der Waals surface area contributed by atoms with Gasteiger partial charge in [0.25, 0.3) is 0 Å². The van der Waals surface area contributed by atoms with Crippen LogP contribution in [0.25, 0.3) is 0 Å². The molecule has 3 atom stereocenters. The normalized spacial score (nSPS) is 27.5. The van der Waals surface area contributed by atoms with E-state index in [0.717, 1.165) is 19.3 Å². The summed E-state index contributed by atoms with van der Waals surface area (Å²) in [5.41, 5.74) is -1.89. The van der Waals surface area contributed by atoms with Crippen LogP contribution >= 0.6 is 0 Å². The Bertz CT molecular complexity index is 301. The number of carboxylic acid groups (broad SMARTS) is 1. The topological polar surface area (TPSA) is 86.6 Å². The summed E-state index contributed by atoms with van der Waals surface area (Å²) in [6.07, 6.45) is 3.71. The Morgan fingerprint density at radius 2 is 2.06 bits per heavy atom. The summed E-state index contributed by atoms with van der Waals surface area (Å²) in [4.78, 5) is 22.2. The summed E-state index contributed by atoms with van der Waals surface area (Å²) in [7, 11) is 0. The van der Waals surface area contributed by atoms with Gasteiger partial charge >= 0.3 is 5.97 Å². The molecule has 5 heteroatoms. The third-order valence-corrected chi connectivity index (χ3v) is 3.37. The average Bonchev–Trinajstić information content (AvgIpc) is 2.61. The maximum Gasteiger partial charge on any atom is 0.337 e. The molecule has 0 bridgehead atoms. The van der Waals surface area contributed by atoms with Crippen molar-refractivity contribution in [1.29, 1.82) is 0 Å². The Labute approximate surface area is 101 Å². The van der Waals surface area contributed by atoms with Crippen molar-refractivity contribution < 1.29 is 19.8 Å². The molecule has 0 aliphatic heterocycles. The number of carboxylic acids is 1. The molecule has 98 valence electrons. The van der Waals surface area contributed by atoms with Gasteiger partial charge in [-0.3, -0.25) is 4.79 Å². The number of carbonyl (C=O) groups excluding carboxylic acids is 1. The Kier molecular flexibility index (Phi) is 4.51. The first kappa shape index (κ1) is 14.0. The van der Waals surface area contributed by atoms with Crippen LogP contribution in [-0.2, 0) is 9.59 Å². The molecule has 1 amide bonds. The first-order chi connectivity index (χ1) is 7.81. The lowest BCUT2D eigenvalue weighted by molar-refractivity contribution is -0.156. The zero-order chi connectivity index (χ0) is 13.1. The summed E-state index contributed by atoms with van der Waals surface area (Å²) < 4.78 is 0. The number of nitrogens with one attached hydrogen (secondary N) is 1. The van der Waals surface area contributed by atoms with Crippen LogP contribution < -0.4 is 5.32 Å². The van der Waals surface area contributed by atoms with E-state index in [1.807, 2.05) is 0 Å². The van der Waals surface area contributed by atoms with E-state index in [9.17, 15) is 14.7 Å². The van der Waals surface area contributed by atoms with Crippen LogP contribution in [0, 0.1) is 11.8 Å². The number of hydrogen-bond donors (Lipinski definition) is 3. The molecule has 0 aromatic carbocycles. The van der Waals surface area contributed by atoms with Gasteiger partial charge in [0.2, 0.25) is 5.91 Å². The molecule has 5 nitrogen and oxygen atoms in total. The highest BCUT2D eigenvalue weighted by Gasteiger charge is 2.31. The number of carbonyl (C=O) groups is 2. The summed E-state index contributed by atoms with van der Waals surface area (Å²) in [6.45, 7) is 3.10. The summed E-state index contributed by atoms with van der Waals surface area (Å²) in [5.74, 6) is -0.424. The first-order valence-corrected chi connectivity index (χ1v) is 6.03. The second kappa shape index (κ2) is 5.49. The van der Waals surface area contributed by atoms with Crippen molar-refractivity contribution in [2.45, 2.75) is 45.1 Å². The summed E-state index contributed by atoms with van der Waals surface area (Å²) >= 11 is 0. The van der Waals surface area contributed by atoms with Crippen molar-refractivity contribution in [3.05, 3.63) is 0 Å². The van der Waals surface area contributed by atoms with Gasteiger partial charge in [-0.25, -0.2) is 4.79 Å². The lowest BCUT2D eigenvalue weighted by Gasteiger charge is -2.19. The minimum atomic E-state index is -1.89. The number of aliphatic carboxylic acids is 1. The second-order valence-electron chi connectivity index (χ2n) is 5.34. The van der Waals surface area contributed by atoms with Gasteiger partial charge in [-0.2, -0.15) is 0 Å². The van der Waals surface area contributed by atoms with Gasteiger partial charge in [-0.15, -0.1) is 0 Å². The van der Waals surface area contributed by atoms with Crippen molar-refractivity contribution in [2.75, 3.05) is 6.54 Å². The SMILES string of the molecule is CC1CCC(CC(=O)NCC(C)(O)C(=O)O)C1. The van der Waals surface area contributed by atoms with Crippen LogP contribution in [0.1, 0.15) is 39.5 Å². The minimum Gasteiger partial charge on any atom is -0.479 e. The Balaban J connectivity index is 2.28. The quantitative estimate of drug-likeness (QED) is 0.665. The monoisotopic (exact) mass is 243 g/mol. The maximum absolute atomic E-state index is 11.6. The molecule has 17 heavy (non-hydrogen) atoms. The highest BCUT2D eigenvalue weighted by atomic mass is 16.4. The van der Waals surface area contributed by atoms with E-state index < -0.39 is 11.6 Å². The van der Waals surface area contributed by atoms with Gasteiger partial charge < -0.3 is 15.5 Å². The number of hydrogen-bond acceptors (Lipinski definition) is 3. The lowest BCUT2D eigenvalue weighted by atomic mass is 10.0. The van der Waals surface area contributed by atoms with E-state index in [0.29, 0.717) is 18.3 Å². The second-order valence-corrected chi connectivity index (χ2v) is 5.34. The van der Waals surface area contributed by atoms with Crippen LogP contribution in [-0.4, -0.2) is 34.2 Å². The molecule has 3 N–H and O–H groups in total. The molecule has 0 aromatic heterocycles. The van der Waals surface area contributed by atoms with E-state index in [-0.39, 0.29) is 12.5 Å². The molecule has 3 unspecified atom stereocenters. The van der Waals surface area contributed by atoms with Crippen molar-refractivity contribution in [3.63, 3.8) is 0 Å². The lowest BCUT2D eigenvalue weighted by Crippen LogP contribution is -2.46. The third-order valence-electron chi connectivity index (χ3n) is 3.37. The molecule has 0 heterocycles. The predicted octanol–water partition coefficient (Wildman–Crippen LogP) is 0.764. The Morgan fingerprint density at radius 3 is 2.53 bits per heavy atom. The highest BCUT2D eigenvalue weighted by molar-refractivity contribution is 5.80. The smallest absolute Gasteiger partial charge is 0.337 e. The number of aliphatic hydroxyl groups is 1. The molecule has 1 aliphatic rings. The third kappa shape index (κ3) is 4.34. The average molecular weight is 243 g/mol. The molecule has 0 saturated heterocycles. The molecule has 1 rings (SSSR count). The molecule has 0 spiro atoms. The van der Waals surface area contributed by atoms with E-state index in [2.05, 4.69) is 12.2 Å². The fourth-order valence-corrected chi connectivity index (χ4v) is 2.19. The molecular weight excluding hydrogens is 222 g/mol. The fraction of sp³-hybridized carbons (Fsp3) is 0.833. The van der Waals surface area contributed by atoms with Gasteiger partial charge in [0.05, 0.1) is 6.54 Å². The van der Waals surface area contributed by atoms with Crippen molar-refractivity contribution in [2.24, 2.45) is 11.8 Å². The summed E-state index contributed by atoms with van der Waals surface area (Å²) in [5, 5.41) is 20.6. The standard InChI is InChI=1S/C12H21NO4/c1-8-3-4-9(5-8)6-10(14)13-7-12(2,17)11(15)16/h8-9,17H,3-7H2,1-2H3,(H,13,14)(H,15,16). The maximum atomic E-state index is 11.6. The van der Waals surface area contributed by atoms with Crippen LogP contribution in [0.15, 0.2) is 0 Å². The zero-order valence-corrected chi connectivity index (χ0v) is 10.4. The first-order valence-electron chi connectivity index (χ1n) is 6.03. The van der Waals surface area contributed by atoms with E-state index in [1.54, 1.807) is 0 Å². The van der Waals surface area contributed by atoms with Crippen molar-refractivity contribution in [3.8, 4) is 0 Å². The fourth-order valence-electron chi connectivity index (χ4n) is 2.19. The van der Waals surface area contributed by atoms with E-state index in [1.165, 1.54) is 6.92 Å². The Hall–Kier alpha value is -1.10. The van der Waals surface area contributed by atoms with Crippen LogP contribution in [0.3, 0.4) is 0 Å². The van der Waals surface area contributed by atoms with Crippen molar-refractivity contribution in [1.82, 2.24) is 5.32 Å². The molecule has 1 fully saturated rings. The molecule has 0 aromatic rings. The largest absolute Gasteiger partial charge is 0.479 e. The van der Waals surface area contributed by atoms with Crippen LogP contribution in [0.5, 0.6) is 0 Å². The molecular formula is C12H21NO4. The van der Waals surface area contributed by atoms with E-state index in [4.69, 9.17) is 5.11 Å². The highest BCUT2D eigenvalue weighted by Crippen LogP contribution is 2.32. The minimum absolute atomic E-state index is 0.175. The number of rotatable bonds is 5. The molecule has 1 saturated carbocycles. The van der Waals surface area contributed by atoms with Gasteiger partial charge in [0.15, 0.2) is 5.60 Å². The summed E-state index contributed by atoms with van der Waals surface area (Å²) in [6, 6.07) is 0. The van der Waals surface area contributed by atoms with Crippen LogP contribution in [0.2, 0.25) is 0 Å². The molecule has 0 radical (unpaired) electrons. The predicted molar refractivity (Wildman–Crippen MR) is 62.4 cm³/mol. The van der Waals surface area contributed by atoms with Gasteiger partial charge in [0, 0.05) is 6.42 Å². The van der Waals surface area contributed by atoms with E-state index >= 15 is 0 Å². The Morgan fingerprint density at radius 1 is 1.41 bits per heavy atom. The number of amides is 1. The molecule has 1 aliphatic carbocycles. The van der Waals surface area contributed by atoms with Crippen molar-refractivity contribution >= 4 is 11.9 Å². The zero-order valence-electron chi connectivity index (χ0n) is 10.4. The van der Waals surface area contributed by atoms with Gasteiger partial charge in [-0.05, 0) is 31.6 Å². The van der Waals surface area contributed by atoms with Gasteiger partial charge in [-0.1, -0.05) is 13.3 Å². The van der Waals surface area contributed by atoms with Crippen LogP contribution in [0.4, 0.5) is 0 Å².